The fourth-order valence-electron chi connectivity index (χ4n) is 3.74. The first-order chi connectivity index (χ1) is 16.0. The molecule has 5 rings (SSSR count). The van der Waals surface area contributed by atoms with Crippen LogP contribution in [0.4, 0.5) is 5.82 Å². The van der Waals surface area contributed by atoms with E-state index in [-0.39, 0.29) is 11.3 Å². The van der Waals surface area contributed by atoms with Gasteiger partial charge in [0.05, 0.1) is 16.8 Å². The van der Waals surface area contributed by atoms with Gasteiger partial charge in [-0.15, -0.1) is 0 Å². The summed E-state index contributed by atoms with van der Waals surface area (Å²) in [6, 6.07) is 25.4. The molecule has 2 heterocycles. The van der Waals surface area contributed by atoms with E-state index in [1.54, 1.807) is 35.0 Å². The molecule has 0 aliphatic heterocycles. The van der Waals surface area contributed by atoms with Crippen LogP contribution in [0.5, 0.6) is 0 Å². The van der Waals surface area contributed by atoms with Gasteiger partial charge in [-0.1, -0.05) is 42.0 Å². The molecule has 162 valence electrons. The highest BCUT2D eigenvalue weighted by Gasteiger charge is 2.13. The molecule has 0 aliphatic rings. The minimum Gasteiger partial charge on any atom is -0.456 e. The predicted octanol–water partition coefficient (Wildman–Crippen LogP) is 5.51. The Kier molecular flexibility index (Phi) is 5.11. The SMILES string of the molecule is Cc1ccc2oc(-c3ccc(C(=O)Nc4cc(C)nn4-c4ccccc4)cc3)cc(=O)c2c1. The second kappa shape index (κ2) is 8.24. The van der Waals surface area contributed by atoms with Crippen LogP contribution in [-0.4, -0.2) is 15.7 Å². The molecule has 0 fully saturated rings. The lowest BCUT2D eigenvalue weighted by atomic mass is 10.1. The number of carbonyl (C=O) groups is 1. The molecule has 0 aliphatic carbocycles. The number of aromatic nitrogens is 2. The average Bonchev–Trinajstić information content (AvgIpc) is 3.20. The third kappa shape index (κ3) is 4.06. The van der Waals surface area contributed by atoms with Crippen molar-refractivity contribution in [2.45, 2.75) is 13.8 Å². The lowest BCUT2D eigenvalue weighted by Gasteiger charge is -2.09. The van der Waals surface area contributed by atoms with E-state index in [2.05, 4.69) is 10.4 Å². The Hall–Kier alpha value is -4.45. The Bertz CT molecular complexity index is 1530. The van der Waals surface area contributed by atoms with Gasteiger partial charge in [0, 0.05) is 23.3 Å². The van der Waals surface area contributed by atoms with Gasteiger partial charge in [0.25, 0.3) is 5.91 Å². The summed E-state index contributed by atoms with van der Waals surface area (Å²) in [5, 5.41) is 7.97. The number of hydrogen-bond acceptors (Lipinski definition) is 4. The molecule has 0 spiro atoms. The minimum absolute atomic E-state index is 0.0960. The quantitative estimate of drug-likeness (QED) is 0.404. The Balaban J connectivity index is 1.41. The van der Waals surface area contributed by atoms with Gasteiger partial charge in [0.1, 0.15) is 17.2 Å². The van der Waals surface area contributed by atoms with Crippen LogP contribution >= 0.6 is 0 Å². The van der Waals surface area contributed by atoms with Crippen LogP contribution in [0.25, 0.3) is 28.0 Å². The largest absolute Gasteiger partial charge is 0.456 e. The number of benzene rings is 3. The van der Waals surface area contributed by atoms with E-state index in [9.17, 15) is 9.59 Å². The summed E-state index contributed by atoms with van der Waals surface area (Å²) >= 11 is 0. The molecule has 5 aromatic rings. The van der Waals surface area contributed by atoms with Crippen molar-refractivity contribution in [3.05, 3.63) is 112 Å². The van der Waals surface area contributed by atoms with Crippen LogP contribution in [0.2, 0.25) is 0 Å². The van der Waals surface area contributed by atoms with Gasteiger partial charge in [-0.05, 0) is 50.2 Å². The van der Waals surface area contributed by atoms with Gasteiger partial charge in [0.2, 0.25) is 0 Å². The lowest BCUT2D eigenvalue weighted by molar-refractivity contribution is 0.102. The molecule has 0 radical (unpaired) electrons. The topological polar surface area (TPSA) is 77.1 Å². The van der Waals surface area contributed by atoms with E-state index in [1.165, 1.54) is 6.07 Å². The van der Waals surface area contributed by atoms with E-state index in [4.69, 9.17) is 4.42 Å². The van der Waals surface area contributed by atoms with Crippen molar-refractivity contribution in [3.63, 3.8) is 0 Å². The Morgan fingerprint density at radius 3 is 2.42 bits per heavy atom. The molecule has 0 atom stereocenters. The number of carbonyl (C=O) groups excluding carboxylic acids is 1. The van der Waals surface area contributed by atoms with Crippen molar-refractivity contribution in [2.24, 2.45) is 0 Å². The van der Waals surface area contributed by atoms with Crippen molar-refractivity contribution >= 4 is 22.7 Å². The summed E-state index contributed by atoms with van der Waals surface area (Å²) in [5.41, 5.74) is 4.30. The number of nitrogens with one attached hydrogen (secondary N) is 1. The zero-order valence-corrected chi connectivity index (χ0v) is 18.2. The van der Waals surface area contributed by atoms with Gasteiger partial charge in [0.15, 0.2) is 5.43 Å². The molecule has 0 saturated heterocycles. The van der Waals surface area contributed by atoms with Gasteiger partial charge in [-0.25, -0.2) is 4.68 Å². The number of rotatable bonds is 4. The monoisotopic (exact) mass is 435 g/mol. The maximum atomic E-state index is 12.9. The molecular formula is C27H21N3O3. The zero-order chi connectivity index (χ0) is 22.9. The number of amides is 1. The summed E-state index contributed by atoms with van der Waals surface area (Å²) in [6.07, 6.45) is 0. The third-order valence-electron chi connectivity index (χ3n) is 5.39. The zero-order valence-electron chi connectivity index (χ0n) is 18.2. The molecular weight excluding hydrogens is 414 g/mol. The first-order valence-corrected chi connectivity index (χ1v) is 10.6. The first-order valence-electron chi connectivity index (χ1n) is 10.6. The van der Waals surface area contributed by atoms with Gasteiger partial charge < -0.3 is 9.73 Å². The lowest BCUT2D eigenvalue weighted by Crippen LogP contribution is -2.15. The molecule has 2 aromatic heterocycles. The third-order valence-corrected chi connectivity index (χ3v) is 5.39. The van der Waals surface area contributed by atoms with Crippen molar-refractivity contribution in [2.75, 3.05) is 5.32 Å². The van der Waals surface area contributed by atoms with E-state index >= 15 is 0 Å². The van der Waals surface area contributed by atoms with Crippen molar-refractivity contribution in [1.29, 1.82) is 0 Å². The van der Waals surface area contributed by atoms with Crippen molar-refractivity contribution < 1.29 is 9.21 Å². The molecule has 1 N–H and O–H groups in total. The van der Waals surface area contributed by atoms with Crippen molar-refractivity contribution in [3.8, 4) is 17.0 Å². The van der Waals surface area contributed by atoms with Crippen LogP contribution in [0.1, 0.15) is 21.6 Å². The second-order valence-electron chi connectivity index (χ2n) is 7.92. The van der Waals surface area contributed by atoms with E-state index < -0.39 is 0 Å². The van der Waals surface area contributed by atoms with Gasteiger partial charge >= 0.3 is 0 Å². The molecule has 6 heteroatoms. The van der Waals surface area contributed by atoms with Gasteiger partial charge in [-0.2, -0.15) is 5.10 Å². The Morgan fingerprint density at radius 2 is 1.67 bits per heavy atom. The molecule has 1 amide bonds. The van der Waals surface area contributed by atoms with Crippen molar-refractivity contribution in [1.82, 2.24) is 9.78 Å². The highest BCUT2D eigenvalue weighted by molar-refractivity contribution is 6.04. The Labute approximate surface area is 190 Å². The summed E-state index contributed by atoms with van der Waals surface area (Å²) in [4.78, 5) is 25.4. The number of aryl methyl sites for hydroxylation is 2. The number of fused-ring (bicyclic) bond motifs is 1. The van der Waals surface area contributed by atoms with Crippen LogP contribution in [-0.2, 0) is 0 Å². The summed E-state index contributed by atoms with van der Waals surface area (Å²) in [6.45, 7) is 3.81. The summed E-state index contributed by atoms with van der Waals surface area (Å²) < 4.78 is 7.64. The van der Waals surface area contributed by atoms with Gasteiger partial charge in [-0.3, -0.25) is 9.59 Å². The number of anilines is 1. The highest BCUT2D eigenvalue weighted by Crippen LogP contribution is 2.24. The molecule has 0 saturated carbocycles. The van der Waals surface area contributed by atoms with E-state index in [0.29, 0.717) is 28.1 Å². The smallest absolute Gasteiger partial charge is 0.256 e. The highest BCUT2D eigenvalue weighted by atomic mass is 16.3. The number of hydrogen-bond donors (Lipinski definition) is 1. The standard InChI is InChI=1S/C27H21N3O3/c1-17-8-13-24-22(14-17)23(31)16-25(33-24)19-9-11-20(12-10-19)27(32)28-26-15-18(2)29-30(26)21-6-4-3-5-7-21/h3-16H,1-2H3,(H,28,32). The fourth-order valence-corrected chi connectivity index (χ4v) is 3.74. The van der Waals surface area contributed by atoms with Crippen LogP contribution in [0.3, 0.4) is 0 Å². The molecule has 6 nitrogen and oxygen atoms in total. The summed E-state index contributed by atoms with van der Waals surface area (Å²) in [5.74, 6) is 0.791. The van der Waals surface area contributed by atoms with Crippen LogP contribution < -0.4 is 10.7 Å². The van der Waals surface area contributed by atoms with Crippen LogP contribution in [0, 0.1) is 13.8 Å². The minimum atomic E-state index is -0.255. The normalized spacial score (nSPS) is 11.0. The van der Waals surface area contributed by atoms with E-state index in [1.807, 2.05) is 62.4 Å². The number of nitrogens with zero attached hydrogens (tertiary/aromatic N) is 2. The molecule has 3 aromatic carbocycles. The molecule has 33 heavy (non-hydrogen) atoms. The Morgan fingerprint density at radius 1 is 0.909 bits per heavy atom. The molecule has 0 bridgehead atoms. The fraction of sp³-hybridized carbons (Fsp3) is 0.0741. The maximum Gasteiger partial charge on any atom is 0.256 e. The second-order valence-corrected chi connectivity index (χ2v) is 7.92. The first kappa shape index (κ1) is 20.5. The average molecular weight is 435 g/mol. The van der Waals surface area contributed by atoms with Crippen LogP contribution in [0.15, 0.2) is 94.1 Å². The summed E-state index contributed by atoms with van der Waals surface area (Å²) in [7, 11) is 0. The molecule has 0 unspecified atom stereocenters. The van der Waals surface area contributed by atoms with E-state index in [0.717, 1.165) is 22.5 Å². The maximum absolute atomic E-state index is 12.9. The number of para-hydroxylation sites is 1. The predicted molar refractivity (Wildman–Crippen MR) is 129 cm³/mol.